The van der Waals surface area contributed by atoms with E-state index in [4.69, 9.17) is 16.3 Å². The zero-order valence-electron chi connectivity index (χ0n) is 16.7. The van der Waals surface area contributed by atoms with E-state index in [0.717, 1.165) is 18.4 Å². The monoisotopic (exact) mass is 416 g/mol. The summed E-state index contributed by atoms with van der Waals surface area (Å²) in [5, 5.41) is 0.439. The molecule has 0 spiro atoms. The number of carbonyl (C=O) groups excluding carboxylic acids is 1. The van der Waals surface area contributed by atoms with Crippen LogP contribution < -0.4 is 0 Å². The Morgan fingerprint density at radius 2 is 2.04 bits per heavy atom. The summed E-state index contributed by atoms with van der Waals surface area (Å²) in [5.41, 5.74) is 0.281. The molecule has 1 heterocycles. The van der Waals surface area contributed by atoms with Crippen LogP contribution in [0.15, 0.2) is 23.1 Å². The van der Waals surface area contributed by atoms with Crippen LogP contribution in [0.5, 0.6) is 0 Å². The molecule has 2 rings (SSSR count). The number of amides is 1. The van der Waals surface area contributed by atoms with E-state index in [1.54, 1.807) is 19.2 Å². The molecular formula is C19H29ClN2O4S. The molecule has 1 aromatic carbocycles. The Hall–Kier alpha value is -1.31. The van der Waals surface area contributed by atoms with Crippen LogP contribution in [0.3, 0.4) is 0 Å². The van der Waals surface area contributed by atoms with Crippen LogP contribution in [0, 0.1) is 12.8 Å². The van der Waals surface area contributed by atoms with Gasteiger partial charge < -0.3 is 9.64 Å². The molecule has 6 nitrogen and oxygen atoms in total. The van der Waals surface area contributed by atoms with Crippen molar-refractivity contribution in [2.45, 2.75) is 51.0 Å². The third-order valence-corrected chi connectivity index (χ3v) is 6.77. The number of halogens is 1. The first-order chi connectivity index (χ1) is 12.4. The molecule has 1 atom stereocenters. The number of aryl methyl sites for hydroxylation is 1. The highest BCUT2D eigenvalue weighted by atomic mass is 35.5. The lowest BCUT2D eigenvalue weighted by atomic mass is 9.99. The third-order valence-electron chi connectivity index (χ3n) is 4.50. The SMILES string of the molecule is Cc1ccc(S(=O)(=O)N2CCCC(CN(C)C(=O)OC(C)(C)C)C2)cc1Cl. The van der Waals surface area contributed by atoms with Crippen molar-refractivity contribution in [2.75, 3.05) is 26.7 Å². The van der Waals surface area contributed by atoms with Crippen LogP contribution >= 0.6 is 11.6 Å². The molecule has 27 heavy (non-hydrogen) atoms. The first-order valence-corrected chi connectivity index (χ1v) is 10.9. The van der Waals surface area contributed by atoms with Gasteiger partial charge in [-0.05, 0) is 64.2 Å². The Morgan fingerprint density at radius 3 is 2.63 bits per heavy atom. The summed E-state index contributed by atoms with van der Waals surface area (Å²) >= 11 is 6.10. The average Bonchev–Trinajstić information content (AvgIpc) is 2.56. The van der Waals surface area contributed by atoms with Crippen LogP contribution in [-0.4, -0.2) is 56.0 Å². The number of hydrogen-bond acceptors (Lipinski definition) is 4. The topological polar surface area (TPSA) is 66.9 Å². The summed E-state index contributed by atoms with van der Waals surface area (Å²) < 4.78 is 32.8. The number of ether oxygens (including phenoxy) is 1. The summed E-state index contributed by atoms with van der Waals surface area (Å²) in [4.78, 5) is 13.9. The first-order valence-electron chi connectivity index (χ1n) is 9.10. The van der Waals surface area contributed by atoms with Crippen molar-refractivity contribution in [1.82, 2.24) is 9.21 Å². The van der Waals surface area contributed by atoms with Crippen molar-refractivity contribution in [2.24, 2.45) is 5.92 Å². The minimum atomic E-state index is -3.60. The van der Waals surface area contributed by atoms with Crippen molar-refractivity contribution in [3.8, 4) is 0 Å². The van der Waals surface area contributed by atoms with E-state index >= 15 is 0 Å². The van der Waals surface area contributed by atoms with Crippen LogP contribution in [0.1, 0.15) is 39.2 Å². The Balaban J connectivity index is 2.06. The average molecular weight is 417 g/mol. The standard InChI is InChI=1S/C19H29ClN2O4S/c1-14-8-9-16(11-17(14)20)27(24,25)22-10-6-7-15(13-22)12-21(5)18(23)26-19(2,3)4/h8-9,11,15H,6-7,10,12-13H2,1-5H3. The Labute approximate surface area is 167 Å². The van der Waals surface area contributed by atoms with E-state index in [1.165, 1.54) is 15.3 Å². The number of rotatable bonds is 4. The predicted molar refractivity (Wildman–Crippen MR) is 107 cm³/mol. The zero-order chi connectivity index (χ0) is 20.4. The first kappa shape index (κ1) is 22.0. The van der Waals surface area contributed by atoms with Gasteiger partial charge in [0, 0.05) is 31.7 Å². The van der Waals surface area contributed by atoms with E-state index in [1.807, 2.05) is 27.7 Å². The van der Waals surface area contributed by atoms with E-state index in [2.05, 4.69) is 0 Å². The summed E-state index contributed by atoms with van der Waals surface area (Å²) in [6, 6.07) is 4.81. The number of benzene rings is 1. The van der Waals surface area contributed by atoms with E-state index in [9.17, 15) is 13.2 Å². The molecule has 1 amide bonds. The van der Waals surface area contributed by atoms with Crippen molar-refractivity contribution in [1.29, 1.82) is 0 Å². The van der Waals surface area contributed by atoms with Gasteiger partial charge in [0.15, 0.2) is 0 Å². The number of hydrogen-bond donors (Lipinski definition) is 0. The smallest absolute Gasteiger partial charge is 0.410 e. The molecule has 0 N–H and O–H groups in total. The highest BCUT2D eigenvalue weighted by molar-refractivity contribution is 7.89. The number of piperidine rings is 1. The molecule has 0 bridgehead atoms. The van der Waals surface area contributed by atoms with Gasteiger partial charge in [0.2, 0.25) is 10.0 Å². The summed E-state index contributed by atoms with van der Waals surface area (Å²) in [7, 11) is -1.92. The lowest BCUT2D eigenvalue weighted by molar-refractivity contribution is 0.0258. The molecule has 152 valence electrons. The van der Waals surface area contributed by atoms with Gasteiger partial charge in [-0.3, -0.25) is 0 Å². The van der Waals surface area contributed by atoms with Gasteiger partial charge in [-0.1, -0.05) is 17.7 Å². The highest BCUT2D eigenvalue weighted by Crippen LogP contribution is 2.27. The van der Waals surface area contributed by atoms with Crippen molar-refractivity contribution < 1.29 is 17.9 Å². The van der Waals surface area contributed by atoms with Gasteiger partial charge in [0.25, 0.3) is 0 Å². The van der Waals surface area contributed by atoms with Crippen molar-refractivity contribution in [3.05, 3.63) is 28.8 Å². The fraction of sp³-hybridized carbons (Fsp3) is 0.632. The van der Waals surface area contributed by atoms with Crippen LogP contribution in [0.2, 0.25) is 5.02 Å². The van der Waals surface area contributed by atoms with E-state index in [0.29, 0.717) is 24.7 Å². The van der Waals surface area contributed by atoms with Gasteiger partial charge in [0.1, 0.15) is 5.60 Å². The van der Waals surface area contributed by atoms with Gasteiger partial charge in [0.05, 0.1) is 4.90 Å². The number of sulfonamides is 1. The Morgan fingerprint density at radius 1 is 1.37 bits per heavy atom. The predicted octanol–water partition coefficient (Wildman–Crippen LogP) is 3.92. The molecule has 0 aliphatic carbocycles. The Kier molecular flexibility index (Phi) is 6.81. The molecule has 8 heteroatoms. The number of carbonyl (C=O) groups is 1. The molecule has 1 aliphatic rings. The van der Waals surface area contributed by atoms with Crippen LogP contribution in [0.4, 0.5) is 4.79 Å². The maximum Gasteiger partial charge on any atom is 0.410 e. The summed E-state index contributed by atoms with van der Waals surface area (Å²) in [6.07, 6.45) is 1.23. The van der Waals surface area contributed by atoms with E-state index < -0.39 is 21.7 Å². The lowest BCUT2D eigenvalue weighted by Crippen LogP contribution is -2.44. The molecule has 1 aromatic rings. The minimum absolute atomic E-state index is 0.0620. The Bertz CT molecular complexity index is 789. The van der Waals surface area contributed by atoms with Crippen LogP contribution in [-0.2, 0) is 14.8 Å². The highest BCUT2D eigenvalue weighted by Gasteiger charge is 2.32. The van der Waals surface area contributed by atoms with Crippen molar-refractivity contribution >= 4 is 27.7 Å². The summed E-state index contributed by atoms with van der Waals surface area (Å²) in [5.74, 6) is 0.0620. The fourth-order valence-corrected chi connectivity index (χ4v) is 4.91. The molecule has 1 unspecified atom stereocenters. The quantitative estimate of drug-likeness (QED) is 0.746. The lowest BCUT2D eigenvalue weighted by Gasteiger charge is -2.34. The van der Waals surface area contributed by atoms with Gasteiger partial charge in [-0.2, -0.15) is 4.31 Å². The van der Waals surface area contributed by atoms with Crippen LogP contribution in [0.25, 0.3) is 0 Å². The zero-order valence-corrected chi connectivity index (χ0v) is 18.2. The maximum absolute atomic E-state index is 13.0. The molecule has 0 radical (unpaired) electrons. The molecule has 1 saturated heterocycles. The minimum Gasteiger partial charge on any atom is -0.444 e. The molecule has 0 aromatic heterocycles. The third kappa shape index (κ3) is 5.83. The van der Waals surface area contributed by atoms with Gasteiger partial charge in [-0.25, -0.2) is 13.2 Å². The summed E-state index contributed by atoms with van der Waals surface area (Å²) in [6.45, 7) is 8.60. The molecule has 1 aliphatic heterocycles. The van der Waals surface area contributed by atoms with E-state index in [-0.39, 0.29) is 10.8 Å². The normalized spacial score (nSPS) is 19.0. The second-order valence-corrected chi connectivity index (χ2v) is 10.5. The second-order valence-electron chi connectivity index (χ2n) is 8.14. The maximum atomic E-state index is 13.0. The molecule has 0 saturated carbocycles. The van der Waals surface area contributed by atoms with Gasteiger partial charge >= 0.3 is 6.09 Å². The van der Waals surface area contributed by atoms with Gasteiger partial charge in [-0.15, -0.1) is 0 Å². The van der Waals surface area contributed by atoms with Crippen molar-refractivity contribution in [3.63, 3.8) is 0 Å². The number of nitrogens with zero attached hydrogens (tertiary/aromatic N) is 2. The molecule has 1 fully saturated rings. The largest absolute Gasteiger partial charge is 0.444 e. The fourth-order valence-electron chi connectivity index (χ4n) is 3.08. The molecular weight excluding hydrogens is 388 g/mol. The second kappa shape index (κ2) is 8.37.